The van der Waals surface area contributed by atoms with E-state index in [9.17, 15) is 14.4 Å². The summed E-state index contributed by atoms with van der Waals surface area (Å²) in [6.45, 7) is 2.74. The lowest BCUT2D eigenvalue weighted by atomic mass is 10.1. The van der Waals surface area contributed by atoms with Gasteiger partial charge in [-0.2, -0.15) is 0 Å². The summed E-state index contributed by atoms with van der Waals surface area (Å²) in [7, 11) is 1.39. The largest absolute Gasteiger partial charge is 0.465 e. The van der Waals surface area contributed by atoms with Gasteiger partial charge in [-0.3, -0.25) is 14.5 Å². The van der Waals surface area contributed by atoms with Crippen LogP contribution in [0.3, 0.4) is 0 Å². The number of furan rings is 1. The number of esters is 1. The summed E-state index contributed by atoms with van der Waals surface area (Å²) in [5.41, 5.74) is 1.70. The number of hydrogen-bond acceptors (Lipinski definition) is 7. The highest BCUT2D eigenvalue weighted by molar-refractivity contribution is 7.12. The second kappa shape index (κ2) is 8.51. The van der Waals surface area contributed by atoms with Crippen molar-refractivity contribution in [3.05, 3.63) is 45.0 Å². The second-order valence-electron chi connectivity index (χ2n) is 7.41. The van der Waals surface area contributed by atoms with Crippen LogP contribution in [0.15, 0.2) is 22.8 Å². The maximum Gasteiger partial charge on any atom is 0.339 e. The number of aryl methyl sites for hydroxylation is 1. The highest BCUT2D eigenvalue weighted by Crippen LogP contribution is 2.36. The van der Waals surface area contributed by atoms with Crippen LogP contribution in [0, 0.1) is 0 Å². The molecule has 4 rings (SSSR count). The van der Waals surface area contributed by atoms with Gasteiger partial charge in [-0.25, -0.2) is 4.79 Å². The van der Waals surface area contributed by atoms with Crippen LogP contribution in [0.1, 0.15) is 42.7 Å². The number of Topliss-reactive ketones (excluding diaryl/α,β-unsaturated/α-hetero) is 1. The average Bonchev–Trinajstić information content (AvgIpc) is 3.45. The molecule has 2 aromatic rings. The van der Waals surface area contributed by atoms with E-state index in [4.69, 9.17) is 9.15 Å². The zero-order chi connectivity index (χ0) is 20.4. The molecule has 0 saturated carbocycles. The minimum Gasteiger partial charge on any atom is -0.465 e. The molecule has 1 saturated heterocycles. The maximum absolute atomic E-state index is 12.7. The van der Waals surface area contributed by atoms with Crippen LogP contribution >= 0.6 is 11.3 Å². The molecule has 0 N–H and O–H groups in total. The average molecular weight is 416 g/mol. The number of piperazine rings is 1. The van der Waals surface area contributed by atoms with Gasteiger partial charge in [0.25, 0.3) is 5.91 Å². The SMILES string of the molecule is COC(=O)c1c(CC(=O)CN2CCN(C(=O)c3ccco3)CC2)sc2c1CCC2. The van der Waals surface area contributed by atoms with Crippen molar-refractivity contribution >= 4 is 29.0 Å². The van der Waals surface area contributed by atoms with E-state index >= 15 is 0 Å². The first kappa shape index (κ1) is 19.8. The lowest BCUT2D eigenvalue weighted by Gasteiger charge is -2.33. The van der Waals surface area contributed by atoms with Crippen molar-refractivity contribution in [2.45, 2.75) is 25.7 Å². The molecule has 0 unspecified atom stereocenters. The van der Waals surface area contributed by atoms with Crippen LogP contribution in [0.4, 0.5) is 0 Å². The summed E-state index contributed by atoms with van der Waals surface area (Å²) < 4.78 is 10.1. The van der Waals surface area contributed by atoms with Crippen LogP contribution < -0.4 is 0 Å². The zero-order valence-electron chi connectivity index (χ0n) is 16.4. The summed E-state index contributed by atoms with van der Waals surface area (Å²) >= 11 is 1.58. The summed E-state index contributed by atoms with van der Waals surface area (Å²) in [4.78, 5) is 43.1. The van der Waals surface area contributed by atoms with E-state index in [1.165, 1.54) is 18.3 Å². The Morgan fingerprint density at radius 3 is 2.66 bits per heavy atom. The lowest BCUT2D eigenvalue weighted by molar-refractivity contribution is -0.119. The van der Waals surface area contributed by atoms with E-state index in [0.29, 0.717) is 44.0 Å². The van der Waals surface area contributed by atoms with Crippen LogP contribution in [-0.2, 0) is 28.8 Å². The minimum absolute atomic E-state index is 0.0842. The minimum atomic E-state index is -0.336. The number of amides is 1. The van der Waals surface area contributed by atoms with Crippen molar-refractivity contribution in [2.24, 2.45) is 0 Å². The molecule has 0 aromatic carbocycles. The maximum atomic E-state index is 12.7. The van der Waals surface area contributed by atoms with Crippen molar-refractivity contribution < 1.29 is 23.5 Å². The van der Waals surface area contributed by atoms with Gasteiger partial charge in [-0.1, -0.05) is 0 Å². The third-order valence-electron chi connectivity index (χ3n) is 5.53. The Morgan fingerprint density at radius 1 is 1.17 bits per heavy atom. The third-order valence-corrected chi connectivity index (χ3v) is 6.82. The molecule has 0 atom stereocenters. The smallest absolute Gasteiger partial charge is 0.339 e. The fourth-order valence-corrected chi connectivity index (χ4v) is 5.49. The molecule has 29 heavy (non-hydrogen) atoms. The fourth-order valence-electron chi connectivity index (χ4n) is 4.07. The molecule has 1 amide bonds. The molecule has 0 bridgehead atoms. The van der Waals surface area contributed by atoms with Gasteiger partial charge in [0.1, 0.15) is 0 Å². The van der Waals surface area contributed by atoms with E-state index in [-0.39, 0.29) is 24.1 Å². The molecule has 8 heteroatoms. The van der Waals surface area contributed by atoms with Gasteiger partial charge in [0, 0.05) is 42.4 Å². The van der Waals surface area contributed by atoms with E-state index in [1.54, 1.807) is 28.4 Å². The Morgan fingerprint density at radius 2 is 1.97 bits per heavy atom. The Hall–Kier alpha value is -2.45. The Balaban J connectivity index is 1.33. The number of carbonyl (C=O) groups excluding carboxylic acids is 3. The quantitative estimate of drug-likeness (QED) is 0.672. The van der Waals surface area contributed by atoms with Gasteiger partial charge in [-0.15, -0.1) is 11.3 Å². The zero-order valence-corrected chi connectivity index (χ0v) is 17.3. The molecule has 0 radical (unpaired) electrons. The Labute approximate surface area is 173 Å². The van der Waals surface area contributed by atoms with Gasteiger partial charge in [-0.05, 0) is 37.0 Å². The second-order valence-corrected chi connectivity index (χ2v) is 8.60. The van der Waals surface area contributed by atoms with Crippen molar-refractivity contribution in [2.75, 3.05) is 39.8 Å². The molecular formula is C21H24N2O5S. The molecule has 1 aliphatic carbocycles. The van der Waals surface area contributed by atoms with Gasteiger partial charge >= 0.3 is 5.97 Å². The topological polar surface area (TPSA) is 80.1 Å². The summed E-state index contributed by atoms with van der Waals surface area (Å²) in [5.74, 6) is -0.0226. The lowest BCUT2D eigenvalue weighted by Crippen LogP contribution is -2.50. The number of rotatable bonds is 6. The van der Waals surface area contributed by atoms with Crippen LogP contribution in [0.25, 0.3) is 0 Å². The Bertz CT molecular complexity index is 910. The van der Waals surface area contributed by atoms with E-state index in [0.717, 1.165) is 29.7 Å². The molecule has 154 valence electrons. The van der Waals surface area contributed by atoms with E-state index in [1.807, 2.05) is 0 Å². The number of ether oxygens (including phenoxy) is 1. The Kier molecular flexibility index (Phi) is 5.82. The first-order chi connectivity index (χ1) is 14.1. The molecule has 3 heterocycles. The number of carbonyl (C=O) groups is 3. The van der Waals surface area contributed by atoms with Crippen molar-refractivity contribution in [1.82, 2.24) is 9.80 Å². The molecule has 7 nitrogen and oxygen atoms in total. The highest BCUT2D eigenvalue weighted by Gasteiger charge is 2.29. The third kappa shape index (κ3) is 4.13. The number of fused-ring (bicyclic) bond motifs is 1. The van der Waals surface area contributed by atoms with E-state index in [2.05, 4.69) is 4.90 Å². The summed E-state index contributed by atoms with van der Waals surface area (Å²) in [5, 5.41) is 0. The number of methoxy groups -OCH3 is 1. The monoisotopic (exact) mass is 416 g/mol. The molecule has 1 fully saturated rings. The normalized spacial score (nSPS) is 16.7. The fraction of sp³-hybridized carbons (Fsp3) is 0.476. The highest BCUT2D eigenvalue weighted by atomic mass is 32.1. The molecule has 1 aliphatic heterocycles. The summed E-state index contributed by atoms with van der Waals surface area (Å²) in [6, 6.07) is 3.36. The first-order valence-corrected chi connectivity index (χ1v) is 10.7. The van der Waals surface area contributed by atoms with Crippen molar-refractivity contribution in [1.29, 1.82) is 0 Å². The predicted octanol–water partition coefficient (Wildman–Crippen LogP) is 2.19. The molecule has 2 aromatic heterocycles. The summed E-state index contributed by atoms with van der Waals surface area (Å²) in [6.07, 6.45) is 4.67. The van der Waals surface area contributed by atoms with E-state index < -0.39 is 0 Å². The van der Waals surface area contributed by atoms with Gasteiger partial charge < -0.3 is 14.1 Å². The van der Waals surface area contributed by atoms with Crippen molar-refractivity contribution in [3.63, 3.8) is 0 Å². The standard InChI is InChI=1S/C21H24N2O5S/c1-27-21(26)19-15-4-2-6-17(15)29-18(19)12-14(24)13-22-7-9-23(10-8-22)20(25)16-5-3-11-28-16/h3,5,11H,2,4,6-10,12-13H2,1H3. The number of thiophene rings is 1. The molecule has 2 aliphatic rings. The predicted molar refractivity (Wildman–Crippen MR) is 107 cm³/mol. The number of ketones is 1. The first-order valence-electron chi connectivity index (χ1n) is 9.85. The number of hydrogen-bond donors (Lipinski definition) is 0. The molecular weight excluding hydrogens is 392 g/mol. The van der Waals surface area contributed by atoms with Crippen molar-refractivity contribution in [3.8, 4) is 0 Å². The number of nitrogens with zero attached hydrogens (tertiary/aromatic N) is 2. The van der Waals surface area contributed by atoms with Gasteiger partial charge in [0.15, 0.2) is 11.5 Å². The van der Waals surface area contributed by atoms with Gasteiger partial charge in [0.2, 0.25) is 0 Å². The van der Waals surface area contributed by atoms with Crippen LogP contribution in [0.2, 0.25) is 0 Å². The van der Waals surface area contributed by atoms with Gasteiger partial charge in [0.05, 0.1) is 25.5 Å². The molecule has 0 spiro atoms. The van der Waals surface area contributed by atoms with Crippen LogP contribution in [-0.4, -0.2) is 67.3 Å². The van der Waals surface area contributed by atoms with Crippen LogP contribution in [0.5, 0.6) is 0 Å².